The van der Waals surface area contributed by atoms with Crippen LogP contribution in [0, 0.1) is 11.8 Å². The monoisotopic (exact) mass is 380 g/mol. The Morgan fingerprint density at radius 2 is 1.95 bits per heavy atom. The highest BCUT2D eigenvalue weighted by Crippen LogP contribution is 2.33. The Balaban J connectivity index is 2.16. The first-order valence-electron chi connectivity index (χ1n) is 6.82. The second kappa shape index (κ2) is 6.44. The van der Waals surface area contributed by atoms with Gasteiger partial charge in [0.2, 0.25) is 10.0 Å². The van der Waals surface area contributed by atoms with Gasteiger partial charge in [-0.1, -0.05) is 13.8 Å². The minimum Gasteiger partial charge on any atom is -0.326 e. The van der Waals surface area contributed by atoms with Crippen molar-refractivity contribution in [2.45, 2.75) is 50.6 Å². The summed E-state index contributed by atoms with van der Waals surface area (Å²) in [5.41, 5.74) is 5.57. The quantitative estimate of drug-likeness (QED) is 0.842. The molecule has 1 aromatic rings. The van der Waals surface area contributed by atoms with E-state index in [2.05, 4.69) is 34.5 Å². The van der Waals surface area contributed by atoms with Crippen molar-refractivity contribution in [3.05, 3.63) is 14.7 Å². The van der Waals surface area contributed by atoms with Gasteiger partial charge in [-0.3, -0.25) is 0 Å². The normalized spacial score (nSPS) is 27.7. The van der Waals surface area contributed by atoms with Crippen LogP contribution in [0.3, 0.4) is 0 Å². The van der Waals surface area contributed by atoms with Gasteiger partial charge in [0, 0.05) is 17.5 Å². The van der Waals surface area contributed by atoms with E-state index in [0.717, 1.165) is 17.7 Å². The van der Waals surface area contributed by atoms with Crippen molar-refractivity contribution in [3.63, 3.8) is 0 Å². The summed E-state index contributed by atoms with van der Waals surface area (Å²) in [6, 6.07) is 1.69. The second-order valence-electron chi connectivity index (χ2n) is 5.79. The van der Waals surface area contributed by atoms with Crippen LogP contribution in [0.15, 0.2) is 14.7 Å². The lowest BCUT2D eigenvalue weighted by atomic mass is 9.81. The van der Waals surface area contributed by atoms with E-state index in [1.54, 1.807) is 6.07 Å². The lowest BCUT2D eigenvalue weighted by Gasteiger charge is -2.31. The molecule has 0 spiro atoms. The maximum atomic E-state index is 12.5. The third kappa shape index (κ3) is 3.82. The van der Waals surface area contributed by atoms with Crippen LogP contribution in [-0.4, -0.2) is 14.5 Å². The van der Waals surface area contributed by atoms with Crippen LogP contribution in [0.2, 0.25) is 0 Å². The maximum absolute atomic E-state index is 12.5. The molecule has 0 bridgehead atoms. The van der Waals surface area contributed by atoms with Crippen molar-refractivity contribution in [1.29, 1.82) is 0 Å². The number of halogens is 1. The Bertz CT molecular complexity index is 561. The molecule has 7 heteroatoms. The molecule has 3 N–H and O–H groups in total. The average molecular weight is 381 g/mol. The van der Waals surface area contributed by atoms with Gasteiger partial charge in [-0.15, -0.1) is 11.3 Å². The van der Waals surface area contributed by atoms with E-state index >= 15 is 0 Å². The van der Waals surface area contributed by atoms with Crippen molar-refractivity contribution in [3.8, 4) is 0 Å². The molecule has 0 amide bonds. The Morgan fingerprint density at radius 1 is 1.35 bits per heavy atom. The van der Waals surface area contributed by atoms with Gasteiger partial charge in [-0.05, 0) is 53.1 Å². The van der Waals surface area contributed by atoms with Gasteiger partial charge in [0.05, 0.1) is 3.79 Å². The van der Waals surface area contributed by atoms with Crippen LogP contribution in [0.25, 0.3) is 0 Å². The predicted octanol–water partition coefficient (Wildman–Crippen LogP) is 3.07. The standard InChI is InChI=1S/C13H21BrN2O2S2/c1-8-3-9(2)5-10(4-8)16-20(17,18)12-6-11(7-15)19-13(12)14/h6,8-10,16H,3-5,7,15H2,1-2H3. The van der Waals surface area contributed by atoms with E-state index in [0.29, 0.717) is 27.1 Å². The van der Waals surface area contributed by atoms with Crippen molar-refractivity contribution in [2.75, 3.05) is 0 Å². The van der Waals surface area contributed by atoms with Gasteiger partial charge < -0.3 is 5.73 Å². The number of thiophene rings is 1. The molecule has 0 saturated heterocycles. The van der Waals surface area contributed by atoms with Crippen LogP contribution >= 0.6 is 27.3 Å². The van der Waals surface area contributed by atoms with Gasteiger partial charge in [0.15, 0.2) is 0 Å². The van der Waals surface area contributed by atoms with Gasteiger partial charge in [-0.25, -0.2) is 13.1 Å². The Kier molecular flexibility index (Phi) is 5.29. The minimum atomic E-state index is -3.47. The van der Waals surface area contributed by atoms with E-state index in [-0.39, 0.29) is 6.04 Å². The van der Waals surface area contributed by atoms with Crippen LogP contribution in [0.5, 0.6) is 0 Å². The summed E-state index contributed by atoms with van der Waals surface area (Å²) in [6.07, 6.45) is 3.00. The number of hydrogen-bond acceptors (Lipinski definition) is 4. The minimum absolute atomic E-state index is 0.0341. The first-order chi connectivity index (χ1) is 9.31. The summed E-state index contributed by atoms with van der Waals surface area (Å²) < 4.78 is 28.5. The molecular formula is C13H21BrN2O2S2. The van der Waals surface area contributed by atoms with E-state index in [1.807, 2.05) is 0 Å². The van der Waals surface area contributed by atoms with Crippen LogP contribution in [-0.2, 0) is 16.6 Å². The molecule has 0 aromatic carbocycles. The van der Waals surface area contributed by atoms with Crippen LogP contribution < -0.4 is 10.5 Å². The first kappa shape index (κ1) is 16.4. The largest absolute Gasteiger partial charge is 0.326 e. The SMILES string of the molecule is CC1CC(C)CC(NS(=O)(=O)c2cc(CN)sc2Br)C1. The smallest absolute Gasteiger partial charge is 0.242 e. The average Bonchev–Trinajstić information content (AvgIpc) is 2.69. The number of nitrogens with two attached hydrogens (primary N) is 1. The highest BCUT2D eigenvalue weighted by Gasteiger charge is 2.29. The molecule has 0 radical (unpaired) electrons. The Hall–Kier alpha value is 0.0500. The van der Waals surface area contributed by atoms with Gasteiger partial charge in [0.1, 0.15) is 4.90 Å². The molecule has 20 heavy (non-hydrogen) atoms. The summed E-state index contributed by atoms with van der Waals surface area (Å²) in [7, 11) is -3.47. The number of nitrogens with one attached hydrogen (secondary N) is 1. The number of sulfonamides is 1. The van der Waals surface area contributed by atoms with Gasteiger partial charge in [0.25, 0.3) is 0 Å². The lowest BCUT2D eigenvalue weighted by Crippen LogP contribution is -2.39. The van der Waals surface area contributed by atoms with E-state index < -0.39 is 10.0 Å². The highest BCUT2D eigenvalue weighted by atomic mass is 79.9. The summed E-state index contributed by atoms with van der Waals surface area (Å²) in [5.74, 6) is 1.13. The zero-order valence-electron chi connectivity index (χ0n) is 11.7. The third-order valence-electron chi connectivity index (χ3n) is 3.70. The van der Waals surface area contributed by atoms with Crippen LogP contribution in [0.1, 0.15) is 38.0 Å². The summed E-state index contributed by atoms with van der Waals surface area (Å²) in [5, 5.41) is 0. The Morgan fingerprint density at radius 3 is 2.45 bits per heavy atom. The molecule has 0 aliphatic heterocycles. The van der Waals surface area contributed by atoms with Crippen molar-refractivity contribution in [2.24, 2.45) is 17.6 Å². The summed E-state index contributed by atoms with van der Waals surface area (Å²) in [4.78, 5) is 1.18. The third-order valence-corrected chi connectivity index (χ3v) is 7.49. The molecule has 2 rings (SSSR count). The molecule has 1 fully saturated rings. The van der Waals surface area contributed by atoms with E-state index in [9.17, 15) is 8.42 Å². The van der Waals surface area contributed by atoms with Gasteiger partial charge in [-0.2, -0.15) is 0 Å². The molecule has 1 saturated carbocycles. The fraction of sp³-hybridized carbons (Fsp3) is 0.692. The number of hydrogen-bond donors (Lipinski definition) is 2. The lowest BCUT2D eigenvalue weighted by molar-refractivity contribution is 0.257. The molecule has 1 aliphatic rings. The molecule has 1 aromatic heterocycles. The van der Waals surface area contributed by atoms with Crippen LogP contribution in [0.4, 0.5) is 0 Å². The molecule has 114 valence electrons. The fourth-order valence-corrected chi connectivity index (χ4v) is 6.83. The second-order valence-corrected chi connectivity index (χ2v) is 9.93. The Labute approximate surface area is 133 Å². The molecule has 2 atom stereocenters. The maximum Gasteiger partial charge on any atom is 0.242 e. The topological polar surface area (TPSA) is 72.2 Å². The zero-order valence-corrected chi connectivity index (χ0v) is 14.9. The van der Waals surface area contributed by atoms with E-state index in [4.69, 9.17) is 5.73 Å². The molecular weight excluding hydrogens is 360 g/mol. The van der Waals surface area contributed by atoms with Crippen molar-refractivity contribution in [1.82, 2.24) is 4.72 Å². The van der Waals surface area contributed by atoms with Crippen molar-refractivity contribution >= 4 is 37.3 Å². The molecule has 4 nitrogen and oxygen atoms in total. The summed E-state index contributed by atoms with van der Waals surface area (Å²) >= 11 is 4.70. The first-order valence-corrected chi connectivity index (χ1v) is 9.91. The highest BCUT2D eigenvalue weighted by molar-refractivity contribution is 9.11. The zero-order chi connectivity index (χ0) is 14.9. The molecule has 1 aliphatic carbocycles. The number of rotatable bonds is 4. The van der Waals surface area contributed by atoms with Crippen molar-refractivity contribution < 1.29 is 8.42 Å². The fourth-order valence-electron chi connectivity index (χ4n) is 3.01. The molecule has 1 heterocycles. The molecule has 2 unspecified atom stereocenters. The summed E-state index contributed by atoms with van der Waals surface area (Å²) in [6.45, 7) is 4.73. The predicted molar refractivity (Wildman–Crippen MR) is 86.2 cm³/mol. The van der Waals surface area contributed by atoms with Gasteiger partial charge >= 0.3 is 0 Å². The van der Waals surface area contributed by atoms with E-state index in [1.165, 1.54) is 17.8 Å².